The Morgan fingerprint density at radius 2 is 1.88 bits per heavy atom. The Labute approximate surface area is 190 Å². The Hall–Kier alpha value is -2.59. The molecule has 33 heavy (non-hydrogen) atoms. The lowest BCUT2D eigenvalue weighted by Gasteiger charge is -2.20. The summed E-state index contributed by atoms with van der Waals surface area (Å²) in [6, 6.07) is 6.87. The van der Waals surface area contributed by atoms with E-state index in [1.54, 1.807) is 12.1 Å². The van der Waals surface area contributed by atoms with Gasteiger partial charge in [-0.05, 0) is 42.0 Å². The fourth-order valence-electron chi connectivity index (χ4n) is 3.99. The summed E-state index contributed by atoms with van der Waals surface area (Å²) < 4.78 is 70.5. The van der Waals surface area contributed by atoms with Crippen LogP contribution in [0.15, 0.2) is 42.7 Å². The molecule has 3 aromatic rings. The van der Waals surface area contributed by atoms with Crippen molar-refractivity contribution in [1.82, 2.24) is 9.29 Å². The van der Waals surface area contributed by atoms with Crippen LogP contribution in [0.1, 0.15) is 44.7 Å². The minimum Gasteiger partial charge on any atom is -0.347 e. The molecule has 1 fully saturated rings. The van der Waals surface area contributed by atoms with Gasteiger partial charge in [-0.3, -0.25) is 5.21 Å². The lowest BCUT2D eigenvalue weighted by molar-refractivity contribution is -0.896. The van der Waals surface area contributed by atoms with E-state index in [2.05, 4.69) is 4.72 Å². The monoisotopic (exact) mass is 482 g/mol. The molecule has 2 aromatic heterocycles. The van der Waals surface area contributed by atoms with Crippen LogP contribution in [0, 0.1) is 5.41 Å². The van der Waals surface area contributed by atoms with Crippen molar-refractivity contribution in [3.05, 3.63) is 53.9 Å². The van der Waals surface area contributed by atoms with E-state index in [0.717, 1.165) is 29.3 Å². The van der Waals surface area contributed by atoms with Crippen molar-refractivity contribution in [2.24, 2.45) is 5.41 Å². The summed E-state index contributed by atoms with van der Waals surface area (Å²) >= 11 is 0. The first-order valence-corrected chi connectivity index (χ1v) is 12.2. The van der Waals surface area contributed by atoms with Gasteiger partial charge in [-0.1, -0.05) is 26.8 Å². The zero-order chi connectivity index (χ0) is 24.2. The molecule has 0 amide bonds. The van der Waals surface area contributed by atoms with Crippen molar-refractivity contribution in [2.45, 2.75) is 58.1 Å². The minimum absolute atomic E-state index is 0.102. The molecule has 1 aliphatic carbocycles. The number of benzene rings is 1. The second-order valence-electron chi connectivity index (χ2n) is 9.75. The molecule has 0 bridgehead atoms. The van der Waals surface area contributed by atoms with Gasteiger partial charge in [0.15, 0.2) is 0 Å². The number of rotatable bonds is 6. The molecular weight excluding hydrogens is 455 g/mol. The molecule has 2 heterocycles. The Bertz CT molecular complexity index is 1300. The summed E-state index contributed by atoms with van der Waals surface area (Å²) in [7, 11) is -3.38. The Morgan fingerprint density at radius 1 is 1.18 bits per heavy atom. The van der Waals surface area contributed by atoms with Gasteiger partial charge in [-0.2, -0.15) is 13.2 Å². The van der Waals surface area contributed by atoms with Gasteiger partial charge in [0.25, 0.3) is 5.69 Å². The summed E-state index contributed by atoms with van der Waals surface area (Å²) in [6.07, 6.45) is -0.330. The number of nitrogens with one attached hydrogen (secondary N) is 1. The molecule has 0 atom stereocenters. The van der Waals surface area contributed by atoms with Crippen LogP contribution in [0.3, 0.4) is 0 Å². The fraction of sp³-hybridized carbons (Fsp3) is 0.435. The molecule has 1 saturated carbocycles. The third-order valence-corrected chi connectivity index (χ3v) is 7.49. The molecule has 1 aliphatic rings. The number of fused-ring (bicyclic) bond motifs is 1. The van der Waals surface area contributed by atoms with Crippen LogP contribution in [-0.2, 0) is 29.3 Å². The predicted octanol–water partition coefficient (Wildman–Crippen LogP) is 4.48. The van der Waals surface area contributed by atoms with Crippen LogP contribution in [-0.4, -0.2) is 23.4 Å². The molecule has 10 heteroatoms. The van der Waals surface area contributed by atoms with E-state index >= 15 is 0 Å². The average Bonchev–Trinajstić information content (AvgIpc) is 3.50. The number of halogens is 3. The SMILES string of the molecule is CC(C)(C)Cn1cc(CNS(=O)(=O)C2CC2)c2ccc(-c3c(C(F)(F)F)ccc[n+]3O)cc21. The molecule has 4 rings (SSSR count). The maximum absolute atomic E-state index is 13.6. The lowest BCUT2D eigenvalue weighted by atomic mass is 9.97. The second-order valence-corrected chi connectivity index (χ2v) is 11.8. The summed E-state index contributed by atoms with van der Waals surface area (Å²) in [5.41, 5.74) is 0.181. The summed E-state index contributed by atoms with van der Waals surface area (Å²) in [4.78, 5) is 0. The second kappa shape index (κ2) is 8.02. The van der Waals surface area contributed by atoms with E-state index < -0.39 is 21.8 Å². The van der Waals surface area contributed by atoms with Crippen LogP contribution >= 0.6 is 0 Å². The van der Waals surface area contributed by atoms with Crippen molar-refractivity contribution in [2.75, 3.05) is 0 Å². The van der Waals surface area contributed by atoms with Crippen molar-refractivity contribution in [1.29, 1.82) is 0 Å². The number of alkyl halides is 3. The zero-order valence-electron chi connectivity index (χ0n) is 18.6. The standard InChI is InChI=1S/C23H27F3N3O3S/c1-22(2,3)14-28-13-16(12-27-33(31,32)17-7-8-17)18-9-6-15(11-20(18)28)21-19(23(24,25)26)5-4-10-29(21)30/h4-6,9-11,13,17,27,30H,7-8,12,14H2,1-3H3/q+1. The lowest BCUT2D eigenvalue weighted by Crippen LogP contribution is -2.34. The van der Waals surface area contributed by atoms with Gasteiger partial charge in [0.05, 0.1) is 10.8 Å². The predicted molar refractivity (Wildman–Crippen MR) is 118 cm³/mol. The number of aromatic nitrogens is 2. The van der Waals surface area contributed by atoms with E-state index in [1.165, 1.54) is 6.07 Å². The van der Waals surface area contributed by atoms with Crippen LogP contribution in [0.2, 0.25) is 0 Å². The highest BCUT2D eigenvalue weighted by molar-refractivity contribution is 7.90. The Kier molecular flexibility index (Phi) is 5.73. The van der Waals surface area contributed by atoms with Crippen LogP contribution in [0.5, 0.6) is 0 Å². The van der Waals surface area contributed by atoms with E-state index in [0.29, 0.717) is 29.6 Å². The van der Waals surface area contributed by atoms with E-state index in [4.69, 9.17) is 0 Å². The maximum Gasteiger partial charge on any atom is 0.422 e. The van der Waals surface area contributed by atoms with Crippen molar-refractivity contribution in [3.8, 4) is 11.3 Å². The molecule has 6 nitrogen and oxygen atoms in total. The van der Waals surface area contributed by atoms with Crippen molar-refractivity contribution in [3.63, 3.8) is 0 Å². The molecule has 0 saturated heterocycles. The fourth-order valence-corrected chi connectivity index (χ4v) is 5.34. The first-order valence-electron chi connectivity index (χ1n) is 10.7. The highest BCUT2D eigenvalue weighted by Gasteiger charge is 2.39. The number of sulfonamides is 1. The molecule has 2 N–H and O–H groups in total. The first kappa shape index (κ1) is 23.6. The van der Waals surface area contributed by atoms with Gasteiger partial charge in [0.1, 0.15) is 5.56 Å². The van der Waals surface area contributed by atoms with Crippen LogP contribution in [0.4, 0.5) is 13.2 Å². The van der Waals surface area contributed by atoms with E-state index in [-0.39, 0.29) is 28.5 Å². The highest BCUT2D eigenvalue weighted by atomic mass is 32.2. The topological polar surface area (TPSA) is 75.2 Å². The molecular formula is C23H27F3N3O3S+. The minimum atomic E-state index is -4.64. The largest absolute Gasteiger partial charge is 0.422 e. The quantitative estimate of drug-likeness (QED) is 0.402. The van der Waals surface area contributed by atoms with Gasteiger partial charge in [0, 0.05) is 41.0 Å². The third kappa shape index (κ3) is 5.01. The van der Waals surface area contributed by atoms with Gasteiger partial charge >= 0.3 is 6.18 Å². The zero-order valence-corrected chi connectivity index (χ0v) is 19.5. The summed E-state index contributed by atoms with van der Waals surface area (Å²) in [5.74, 6) is 0. The summed E-state index contributed by atoms with van der Waals surface area (Å²) in [5, 5.41) is 10.6. The third-order valence-electron chi connectivity index (χ3n) is 5.59. The van der Waals surface area contributed by atoms with Crippen molar-refractivity contribution < 1.29 is 31.5 Å². The van der Waals surface area contributed by atoms with Gasteiger partial charge in [-0.15, -0.1) is 0 Å². The number of hydrogen-bond acceptors (Lipinski definition) is 3. The van der Waals surface area contributed by atoms with E-state index in [1.807, 2.05) is 31.5 Å². The molecule has 178 valence electrons. The van der Waals surface area contributed by atoms with E-state index in [9.17, 15) is 26.8 Å². The Morgan fingerprint density at radius 3 is 2.48 bits per heavy atom. The molecule has 0 radical (unpaired) electrons. The summed E-state index contributed by atoms with van der Waals surface area (Å²) in [6.45, 7) is 6.80. The molecule has 0 unspecified atom stereocenters. The van der Waals surface area contributed by atoms with Crippen LogP contribution < -0.4 is 9.45 Å². The maximum atomic E-state index is 13.6. The molecule has 1 aromatic carbocycles. The highest BCUT2D eigenvalue weighted by Crippen LogP contribution is 2.37. The average molecular weight is 483 g/mol. The first-order chi connectivity index (χ1) is 15.3. The number of hydrogen-bond donors (Lipinski definition) is 2. The van der Waals surface area contributed by atoms with Crippen molar-refractivity contribution >= 4 is 20.9 Å². The Balaban J connectivity index is 1.82. The normalized spacial score (nSPS) is 15.3. The smallest absolute Gasteiger partial charge is 0.347 e. The van der Waals surface area contributed by atoms with Gasteiger partial charge < -0.3 is 4.57 Å². The van der Waals surface area contributed by atoms with Gasteiger partial charge in [-0.25, -0.2) is 13.1 Å². The van der Waals surface area contributed by atoms with Gasteiger partial charge in [0.2, 0.25) is 16.2 Å². The number of nitrogens with zero attached hydrogens (tertiary/aromatic N) is 2. The van der Waals surface area contributed by atoms with Crippen LogP contribution in [0.25, 0.3) is 22.2 Å². The molecule has 0 spiro atoms. The number of pyridine rings is 1. The molecule has 0 aliphatic heterocycles.